The predicted molar refractivity (Wildman–Crippen MR) is 111 cm³/mol. The number of rotatable bonds is 7. The highest BCUT2D eigenvalue weighted by molar-refractivity contribution is 7.80. The number of hydrogen-bond donors (Lipinski definition) is 1. The Morgan fingerprint density at radius 1 is 1.28 bits per heavy atom. The van der Waals surface area contributed by atoms with Gasteiger partial charge in [-0.15, -0.1) is 0 Å². The Kier molecular flexibility index (Phi) is 5.62. The molecule has 4 heterocycles. The summed E-state index contributed by atoms with van der Waals surface area (Å²) in [6, 6.07) is 13.5. The predicted octanol–water partition coefficient (Wildman–Crippen LogP) is 3.06. The van der Waals surface area contributed by atoms with Gasteiger partial charge in [0.05, 0.1) is 44.1 Å². The second-order valence-corrected chi connectivity index (χ2v) is 7.17. The molecule has 1 N–H and O–H groups in total. The van der Waals surface area contributed by atoms with Crippen molar-refractivity contribution in [1.82, 2.24) is 19.8 Å². The molecule has 150 valence electrons. The van der Waals surface area contributed by atoms with Crippen LogP contribution in [0.1, 0.15) is 35.7 Å². The van der Waals surface area contributed by atoms with E-state index in [4.69, 9.17) is 21.4 Å². The zero-order valence-electron chi connectivity index (χ0n) is 16.0. The lowest BCUT2D eigenvalue weighted by molar-refractivity contribution is -0.140. The van der Waals surface area contributed by atoms with Crippen LogP contribution in [0.4, 0.5) is 0 Å². The van der Waals surface area contributed by atoms with E-state index in [9.17, 15) is 4.79 Å². The maximum Gasteiger partial charge on any atom is 0.307 e. The van der Waals surface area contributed by atoms with Crippen LogP contribution in [0.15, 0.2) is 65.5 Å². The Morgan fingerprint density at radius 2 is 2.17 bits per heavy atom. The number of ether oxygens (including phenoxy) is 1. The Bertz CT molecular complexity index is 971. The topological polar surface area (TPSA) is 72.5 Å². The third-order valence-corrected chi connectivity index (χ3v) is 5.41. The van der Waals surface area contributed by atoms with E-state index in [0.29, 0.717) is 18.2 Å². The van der Waals surface area contributed by atoms with Crippen LogP contribution in [-0.4, -0.2) is 39.2 Å². The number of nitrogens with one attached hydrogen (secondary N) is 1. The molecule has 1 aliphatic rings. The number of hydrogen-bond acceptors (Lipinski definition) is 5. The number of methoxy groups -OCH3 is 1. The first-order valence-electron chi connectivity index (χ1n) is 9.39. The van der Waals surface area contributed by atoms with Crippen molar-refractivity contribution < 1.29 is 13.9 Å². The SMILES string of the molecule is COC(=O)CCN1C(=S)N[C@@H](c2ccccn2)[C@@H]1c1cccn1Cc1ccco1. The molecule has 0 unspecified atom stereocenters. The fourth-order valence-electron chi connectivity index (χ4n) is 3.69. The highest BCUT2D eigenvalue weighted by atomic mass is 32.1. The van der Waals surface area contributed by atoms with Crippen LogP contribution in [0.25, 0.3) is 0 Å². The molecular weight excluding hydrogens is 388 g/mol. The molecule has 1 fully saturated rings. The average Bonchev–Trinajstić information content (AvgIpc) is 3.48. The normalized spacial score (nSPS) is 18.7. The number of carbonyl (C=O) groups is 1. The third-order valence-electron chi connectivity index (χ3n) is 5.06. The van der Waals surface area contributed by atoms with Crippen molar-refractivity contribution in [3.63, 3.8) is 0 Å². The van der Waals surface area contributed by atoms with Gasteiger partial charge in [0.25, 0.3) is 0 Å². The largest absolute Gasteiger partial charge is 0.469 e. The first-order chi connectivity index (χ1) is 14.2. The molecule has 0 spiro atoms. The van der Waals surface area contributed by atoms with Crippen LogP contribution < -0.4 is 5.32 Å². The van der Waals surface area contributed by atoms with Gasteiger partial charge in [0.1, 0.15) is 5.76 Å². The quantitative estimate of drug-likeness (QED) is 0.474. The summed E-state index contributed by atoms with van der Waals surface area (Å²) >= 11 is 5.62. The minimum atomic E-state index is -0.265. The second-order valence-electron chi connectivity index (χ2n) is 6.79. The van der Waals surface area contributed by atoms with Crippen LogP contribution in [0.5, 0.6) is 0 Å². The lowest BCUT2D eigenvalue weighted by Crippen LogP contribution is -2.32. The summed E-state index contributed by atoms with van der Waals surface area (Å²) in [4.78, 5) is 18.3. The number of thiocarbonyl (C=S) groups is 1. The monoisotopic (exact) mass is 410 g/mol. The van der Waals surface area contributed by atoms with E-state index >= 15 is 0 Å². The van der Waals surface area contributed by atoms with Crippen molar-refractivity contribution in [3.8, 4) is 0 Å². The molecule has 8 heteroatoms. The second kappa shape index (κ2) is 8.48. The molecule has 4 rings (SSSR count). The third kappa shape index (κ3) is 4.02. The van der Waals surface area contributed by atoms with Gasteiger partial charge in [-0.3, -0.25) is 9.78 Å². The molecule has 0 amide bonds. The van der Waals surface area contributed by atoms with Crippen LogP contribution in [0.2, 0.25) is 0 Å². The number of pyridine rings is 1. The minimum Gasteiger partial charge on any atom is -0.469 e. The van der Waals surface area contributed by atoms with E-state index in [1.165, 1.54) is 7.11 Å². The molecule has 0 aromatic carbocycles. The molecule has 7 nitrogen and oxygen atoms in total. The Labute approximate surface area is 174 Å². The summed E-state index contributed by atoms with van der Waals surface area (Å²) in [6.07, 6.45) is 5.72. The highest BCUT2D eigenvalue weighted by Crippen LogP contribution is 2.39. The zero-order chi connectivity index (χ0) is 20.2. The van der Waals surface area contributed by atoms with Crippen LogP contribution in [0, 0.1) is 0 Å². The summed E-state index contributed by atoms with van der Waals surface area (Å²) in [5.41, 5.74) is 1.96. The highest BCUT2D eigenvalue weighted by Gasteiger charge is 2.41. The van der Waals surface area contributed by atoms with Gasteiger partial charge in [-0.1, -0.05) is 6.07 Å². The zero-order valence-corrected chi connectivity index (χ0v) is 16.8. The molecule has 29 heavy (non-hydrogen) atoms. The van der Waals surface area contributed by atoms with E-state index < -0.39 is 0 Å². The fraction of sp³-hybridized carbons (Fsp3) is 0.286. The number of nitrogens with zero attached hydrogens (tertiary/aromatic N) is 3. The first-order valence-corrected chi connectivity index (χ1v) is 9.80. The molecule has 0 bridgehead atoms. The van der Waals surface area contributed by atoms with E-state index in [0.717, 1.165) is 17.1 Å². The van der Waals surface area contributed by atoms with Crippen molar-refractivity contribution in [2.75, 3.05) is 13.7 Å². The van der Waals surface area contributed by atoms with Gasteiger partial charge >= 0.3 is 5.97 Å². The lowest BCUT2D eigenvalue weighted by Gasteiger charge is -2.28. The lowest BCUT2D eigenvalue weighted by atomic mass is 10.0. The minimum absolute atomic E-state index is 0.119. The van der Waals surface area contributed by atoms with E-state index in [1.54, 1.807) is 12.5 Å². The van der Waals surface area contributed by atoms with Crippen molar-refractivity contribution >= 4 is 23.3 Å². The van der Waals surface area contributed by atoms with Gasteiger partial charge in [0, 0.05) is 24.6 Å². The smallest absolute Gasteiger partial charge is 0.307 e. The van der Waals surface area contributed by atoms with Crippen LogP contribution in [0.3, 0.4) is 0 Å². The van der Waals surface area contributed by atoms with Gasteiger partial charge in [-0.25, -0.2) is 0 Å². The van der Waals surface area contributed by atoms with Crippen LogP contribution >= 0.6 is 12.2 Å². The molecular formula is C21H22N4O3S. The summed E-state index contributed by atoms with van der Waals surface area (Å²) in [5.74, 6) is 0.602. The van der Waals surface area contributed by atoms with Crippen molar-refractivity contribution in [3.05, 3.63) is 78.3 Å². The van der Waals surface area contributed by atoms with E-state index in [2.05, 4.69) is 20.9 Å². The number of furan rings is 1. The van der Waals surface area contributed by atoms with Gasteiger partial charge in [0.15, 0.2) is 5.11 Å². The van der Waals surface area contributed by atoms with Gasteiger partial charge in [-0.05, 0) is 48.6 Å². The molecule has 3 aromatic rings. The molecule has 3 aromatic heterocycles. The average molecular weight is 410 g/mol. The summed E-state index contributed by atoms with van der Waals surface area (Å²) in [5, 5.41) is 3.99. The maximum absolute atomic E-state index is 11.8. The van der Waals surface area contributed by atoms with Crippen molar-refractivity contribution in [2.24, 2.45) is 0 Å². The van der Waals surface area contributed by atoms with E-state index in [1.807, 2.05) is 47.5 Å². The molecule has 0 aliphatic carbocycles. The number of carbonyl (C=O) groups excluding carboxylic acids is 1. The standard InChI is InChI=1S/C21H22N4O3S/c1-27-18(26)9-12-25-20(19(23-21(25)29)16-7-2-3-10-22-16)17-8-4-11-24(17)14-15-6-5-13-28-15/h2-8,10-11,13,19-20H,9,12,14H2,1H3,(H,23,29)/t19-,20-/m0/s1. The Morgan fingerprint density at radius 3 is 2.90 bits per heavy atom. The molecule has 0 saturated carbocycles. The van der Waals surface area contributed by atoms with Crippen LogP contribution in [-0.2, 0) is 16.1 Å². The van der Waals surface area contributed by atoms with E-state index in [-0.39, 0.29) is 24.5 Å². The van der Waals surface area contributed by atoms with Crippen molar-refractivity contribution in [1.29, 1.82) is 0 Å². The molecule has 0 radical (unpaired) electrons. The van der Waals surface area contributed by atoms with Gasteiger partial charge in [0.2, 0.25) is 0 Å². The van der Waals surface area contributed by atoms with Crippen molar-refractivity contribution in [2.45, 2.75) is 25.0 Å². The van der Waals surface area contributed by atoms with Gasteiger partial charge < -0.3 is 23.9 Å². The number of aromatic nitrogens is 2. The molecule has 1 saturated heterocycles. The first kappa shape index (κ1) is 19.2. The maximum atomic E-state index is 11.8. The number of esters is 1. The Balaban J connectivity index is 1.69. The summed E-state index contributed by atoms with van der Waals surface area (Å²) < 4.78 is 12.5. The van der Waals surface area contributed by atoms with Gasteiger partial charge in [-0.2, -0.15) is 0 Å². The molecule has 2 atom stereocenters. The Hall–Kier alpha value is -3.13. The summed E-state index contributed by atoms with van der Waals surface area (Å²) in [6.45, 7) is 1.07. The fourth-order valence-corrected chi connectivity index (χ4v) is 4.02. The molecule has 1 aliphatic heterocycles. The summed E-state index contributed by atoms with van der Waals surface area (Å²) in [7, 11) is 1.39.